The van der Waals surface area contributed by atoms with E-state index in [1.807, 2.05) is 6.92 Å². The number of rotatable bonds is 4. The molecule has 0 bridgehead atoms. The normalized spacial score (nSPS) is 10.6. The third-order valence-corrected chi connectivity index (χ3v) is 4.49. The number of carbonyl (C=O) groups excluding carboxylic acids is 1. The van der Waals surface area contributed by atoms with Crippen molar-refractivity contribution in [3.63, 3.8) is 0 Å². The summed E-state index contributed by atoms with van der Waals surface area (Å²) in [4.78, 5) is 50.0. The Kier molecular flexibility index (Phi) is 4.50. The number of carboxylic acid groups (broad SMARTS) is 1. The molecule has 2 aromatic rings. The summed E-state index contributed by atoms with van der Waals surface area (Å²) in [5, 5.41) is 12.0. The van der Waals surface area contributed by atoms with Crippen molar-refractivity contribution in [1.29, 1.82) is 0 Å². The summed E-state index contributed by atoms with van der Waals surface area (Å²) in [6, 6.07) is 0. The molecule has 0 radical (unpaired) electrons. The highest BCUT2D eigenvalue weighted by atomic mass is 32.1. The number of carboxylic acids is 1. The van der Waals surface area contributed by atoms with Crippen LogP contribution in [0.5, 0.6) is 0 Å². The lowest BCUT2D eigenvalue weighted by Gasteiger charge is -2.05. The summed E-state index contributed by atoms with van der Waals surface area (Å²) < 4.78 is 0.768. The first-order chi connectivity index (χ1) is 10.8. The van der Waals surface area contributed by atoms with Crippen molar-refractivity contribution in [2.24, 2.45) is 7.05 Å². The van der Waals surface area contributed by atoms with Crippen LogP contribution in [0.25, 0.3) is 0 Å². The molecule has 0 saturated heterocycles. The topological polar surface area (TPSA) is 121 Å². The van der Waals surface area contributed by atoms with Crippen LogP contribution in [0.1, 0.15) is 38.1 Å². The number of carbonyl (C=O) groups is 2. The van der Waals surface area contributed by atoms with Crippen LogP contribution in [0, 0.1) is 6.92 Å². The number of H-pyrrole nitrogens is 1. The van der Waals surface area contributed by atoms with Crippen molar-refractivity contribution in [3.05, 3.63) is 48.6 Å². The highest BCUT2D eigenvalue weighted by molar-refractivity contribution is 7.16. The smallest absolute Gasteiger partial charge is 0.339 e. The van der Waals surface area contributed by atoms with Gasteiger partial charge >= 0.3 is 11.7 Å². The molecule has 2 aromatic heterocycles. The lowest BCUT2D eigenvalue weighted by atomic mass is 10.1. The molecule has 8 nitrogen and oxygen atoms in total. The lowest BCUT2D eigenvalue weighted by molar-refractivity contribution is 0.0697. The number of thiophene rings is 1. The third kappa shape index (κ3) is 2.95. The third-order valence-electron chi connectivity index (χ3n) is 3.43. The van der Waals surface area contributed by atoms with E-state index in [4.69, 9.17) is 0 Å². The predicted molar refractivity (Wildman–Crippen MR) is 85.7 cm³/mol. The fourth-order valence-electron chi connectivity index (χ4n) is 2.22. The molecule has 0 saturated carbocycles. The maximum Gasteiger partial charge on any atom is 0.339 e. The predicted octanol–water partition coefficient (Wildman–Crippen LogP) is 0.956. The molecule has 0 unspecified atom stereocenters. The van der Waals surface area contributed by atoms with E-state index in [9.17, 15) is 24.3 Å². The van der Waals surface area contributed by atoms with Crippen molar-refractivity contribution >= 4 is 28.2 Å². The van der Waals surface area contributed by atoms with E-state index < -0.39 is 23.1 Å². The molecule has 23 heavy (non-hydrogen) atoms. The summed E-state index contributed by atoms with van der Waals surface area (Å²) >= 11 is 1.14. The van der Waals surface area contributed by atoms with E-state index >= 15 is 0 Å². The van der Waals surface area contributed by atoms with Gasteiger partial charge in [-0.1, -0.05) is 6.92 Å². The second-order valence-corrected chi connectivity index (χ2v) is 6.05. The van der Waals surface area contributed by atoms with Crippen LogP contribution < -0.4 is 16.6 Å². The van der Waals surface area contributed by atoms with Crippen LogP contribution in [0.3, 0.4) is 0 Å². The number of amides is 1. The van der Waals surface area contributed by atoms with Crippen LogP contribution >= 0.6 is 11.3 Å². The Morgan fingerprint density at radius 3 is 2.61 bits per heavy atom. The van der Waals surface area contributed by atoms with Gasteiger partial charge in [-0.05, 0) is 18.9 Å². The monoisotopic (exact) mass is 337 g/mol. The summed E-state index contributed by atoms with van der Waals surface area (Å²) in [7, 11) is 1.24. The molecule has 2 rings (SSSR count). The van der Waals surface area contributed by atoms with Gasteiger partial charge in [0.25, 0.3) is 11.5 Å². The van der Waals surface area contributed by atoms with Crippen molar-refractivity contribution in [2.75, 3.05) is 5.32 Å². The Balaban J connectivity index is 2.46. The molecule has 2 heterocycles. The van der Waals surface area contributed by atoms with Gasteiger partial charge in [-0.25, -0.2) is 9.59 Å². The number of aryl methyl sites for hydroxylation is 1. The second kappa shape index (κ2) is 6.21. The Morgan fingerprint density at radius 1 is 1.39 bits per heavy atom. The first-order valence-electron chi connectivity index (χ1n) is 6.73. The summed E-state index contributed by atoms with van der Waals surface area (Å²) in [6.45, 7) is 3.59. The van der Waals surface area contributed by atoms with Crippen LogP contribution in [-0.4, -0.2) is 26.5 Å². The van der Waals surface area contributed by atoms with E-state index in [0.717, 1.165) is 27.0 Å². The van der Waals surface area contributed by atoms with Crippen LogP contribution in [0.2, 0.25) is 0 Å². The quantitative estimate of drug-likeness (QED) is 0.767. The number of nitrogens with one attached hydrogen (secondary N) is 2. The number of aromatic amines is 1. The Labute approximate surface area is 134 Å². The van der Waals surface area contributed by atoms with Crippen LogP contribution in [0.15, 0.2) is 15.8 Å². The number of anilines is 1. The van der Waals surface area contributed by atoms with Gasteiger partial charge in [0, 0.05) is 18.1 Å². The highest BCUT2D eigenvalue weighted by Crippen LogP contribution is 2.33. The molecule has 0 spiro atoms. The standard InChI is InChI=1S/C14H15N3O5S/c1-4-7-6(2)23-11(9(7)13(20)21)16-10(18)8-5-15-14(22)17(3)12(8)19/h5H,4H2,1-3H3,(H,15,22)(H,16,18)(H,20,21). The molecule has 0 aliphatic carbocycles. The van der Waals surface area contributed by atoms with Gasteiger partial charge in [-0.3, -0.25) is 14.2 Å². The van der Waals surface area contributed by atoms with Crippen molar-refractivity contribution in [2.45, 2.75) is 20.3 Å². The van der Waals surface area contributed by atoms with E-state index in [1.54, 1.807) is 6.92 Å². The Bertz CT molecular complexity index is 906. The lowest BCUT2D eigenvalue weighted by Crippen LogP contribution is -2.37. The van der Waals surface area contributed by atoms with Gasteiger partial charge in [-0.15, -0.1) is 11.3 Å². The van der Waals surface area contributed by atoms with Crippen molar-refractivity contribution in [3.8, 4) is 0 Å². The fourth-order valence-corrected chi connectivity index (χ4v) is 3.35. The molecular formula is C14H15N3O5S. The van der Waals surface area contributed by atoms with Gasteiger partial charge in [0.2, 0.25) is 0 Å². The van der Waals surface area contributed by atoms with Crippen LogP contribution in [-0.2, 0) is 13.5 Å². The molecule has 0 aliphatic heterocycles. The van der Waals surface area contributed by atoms with E-state index in [2.05, 4.69) is 10.3 Å². The van der Waals surface area contributed by atoms with Gasteiger partial charge < -0.3 is 15.4 Å². The number of hydrogen-bond acceptors (Lipinski definition) is 5. The molecule has 9 heteroatoms. The van der Waals surface area contributed by atoms with Crippen LogP contribution in [0.4, 0.5) is 5.00 Å². The SMILES string of the molecule is CCc1c(C)sc(NC(=O)c2c[nH]c(=O)n(C)c2=O)c1C(=O)O. The minimum Gasteiger partial charge on any atom is -0.478 e. The van der Waals surface area contributed by atoms with E-state index in [0.29, 0.717) is 12.0 Å². The number of aromatic nitrogens is 2. The Hall–Kier alpha value is -2.68. The maximum atomic E-state index is 12.2. The first-order valence-corrected chi connectivity index (χ1v) is 7.55. The summed E-state index contributed by atoms with van der Waals surface area (Å²) in [6.07, 6.45) is 1.53. The molecule has 0 atom stereocenters. The summed E-state index contributed by atoms with van der Waals surface area (Å²) in [5.41, 5.74) is -0.991. The largest absolute Gasteiger partial charge is 0.478 e. The number of nitrogens with zero attached hydrogens (tertiary/aromatic N) is 1. The average molecular weight is 337 g/mol. The zero-order valence-corrected chi connectivity index (χ0v) is 13.5. The van der Waals surface area contributed by atoms with Crippen molar-refractivity contribution < 1.29 is 14.7 Å². The molecular weight excluding hydrogens is 322 g/mol. The molecule has 0 aromatic carbocycles. The molecule has 3 N–H and O–H groups in total. The molecule has 0 aliphatic rings. The average Bonchev–Trinajstić information content (AvgIpc) is 2.80. The minimum atomic E-state index is -1.14. The minimum absolute atomic E-state index is 0.0320. The summed E-state index contributed by atoms with van der Waals surface area (Å²) in [5.74, 6) is -1.91. The van der Waals surface area contributed by atoms with Gasteiger partial charge in [0.05, 0.1) is 5.56 Å². The van der Waals surface area contributed by atoms with Gasteiger partial charge in [-0.2, -0.15) is 0 Å². The zero-order chi connectivity index (χ0) is 17.3. The first kappa shape index (κ1) is 16.7. The van der Waals surface area contributed by atoms with Gasteiger partial charge in [0.1, 0.15) is 10.6 Å². The number of aromatic carboxylic acids is 1. The molecule has 122 valence electrons. The van der Waals surface area contributed by atoms with Crippen molar-refractivity contribution in [1.82, 2.24) is 9.55 Å². The second-order valence-electron chi connectivity index (χ2n) is 4.83. The molecule has 0 fully saturated rings. The maximum absolute atomic E-state index is 12.2. The van der Waals surface area contributed by atoms with Gasteiger partial charge in [0.15, 0.2) is 0 Å². The van der Waals surface area contributed by atoms with E-state index in [1.165, 1.54) is 7.05 Å². The fraction of sp³-hybridized carbons (Fsp3) is 0.286. The van der Waals surface area contributed by atoms with E-state index in [-0.39, 0.29) is 16.1 Å². The molecule has 1 amide bonds. The zero-order valence-electron chi connectivity index (χ0n) is 12.7. The highest BCUT2D eigenvalue weighted by Gasteiger charge is 2.23. The number of hydrogen-bond donors (Lipinski definition) is 3. The Morgan fingerprint density at radius 2 is 2.04 bits per heavy atom.